The van der Waals surface area contributed by atoms with Gasteiger partial charge in [-0.3, -0.25) is 9.69 Å². The molecule has 3 aliphatic heterocycles. The molecule has 0 aromatic heterocycles. The van der Waals surface area contributed by atoms with Gasteiger partial charge in [0, 0.05) is 37.8 Å². The Labute approximate surface area is 153 Å². The van der Waals surface area contributed by atoms with E-state index in [1.165, 1.54) is 11.1 Å². The summed E-state index contributed by atoms with van der Waals surface area (Å²) in [6, 6.07) is 14.5. The first-order valence-electron chi connectivity index (χ1n) is 9.28. The zero-order valence-corrected chi connectivity index (χ0v) is 14.7. The van der Waals surface area contributed by atoms with Crippen LogP contribution in [0.1, 0.15) is 34.3 Å². The second-order valence-corrected chi connectivity index (χ2v) is 7.29. The molecule has 1 fully saturated rings. The second kappa shape index (κ2) is 6.32. The van der Waals surface area contributed by atoms with Gasteiger partial charge >= 0.3 is 0 Å². The molecule has 0 radical (unpaired) electrons. The van der Waals surface area contributed by atoms with E-state index in [1.807, 2.05) is 24.3 Å². The first-order valence-corrected chi connectivity index (χ1v) is 9.28. The van der Waals surface area contributed by atoms with E-state index >= 15 is 0 Å². The van der Waals surface area contributed by atoms with Crippen LogP contribution in [0.2, 0.25) is 0 Å². The molecule has 0 aliphatic carbocycles. The average Bonchev–Trinajstić information content (AvgIpc) is 3.27. The van der Waals surface area contributed by atoms with Gasteiger partial charge in [0.05, 0.1) is 0 Å². The number of piperidine rings is 1. The number of benzene rings is 2. The van der Waals surface area contributed by atoms with Crippen LogP contribution >= 0.6 is 0 Å². The molecule has 0 atom stereocenters. The Morgan fingerprint density at radius 1 is 1.00 bits per heavy atom. The third kappa shape index (κ3) is 2.72. The number of likely N-dealkylation sites (tertiary alicyclic amines) is 1. The maximum Gasteiger partial charge on any atom is 0.254 e. The van der Waals surface area contributed by atoms with Crippen molar-refractivity contribution >= 4 is 5.91 Å². The summed E-state index contributed by atoms with van der Waals surface area (Å²) in [6.45, 7) is 4.02. The Bertz CT molecular complexity index is 843. The zero-order valence-electron chi connectivity index (χ0n) is 14.7. The van der Waals surface area contributed by atoms with Gasteiger partial charge in [-0.05, 0) is 42.2 Å². The van der Waals surface area contributed by atoms with Gasteiger partial charge in [-0.1, -0.05) is 24.3 Å². The molecule has 26 heavy (non-hydrogen) atoms. The lowest BCUT2D eigenvalue weighted by Crippen LogP contribution is -2.44. The van der Waals surface area contributed by atoms with Crippen molar-refractivity contribution in [2.24, 2.45) is 0 Å². The van der Waals surface area contributed by atoms with Gasteiger partial charge < -0.3 is 14.4 Å². The van der Waals surface area contributed by atoms with Gasteiger partial charge in [0.15, 0.2) is 11.5 Å². The van der Waals surface area contributed by atoms with Gasteiger partial charge in [-0.2, -0.15) is 0 Å². The third-order valence-corrected chi connectivity index (χ3v) is 5.69. The van der Waals surface area contributed by atoms with Crippen molar-refractivity contribution in [1.82, 2.24) is 9.80 Å². The summed E-state index contributed by atoms with van der Waals surface area (Å²) in [7, 11) is 0. The quantitative estimate of drug-likeness (QED) is 0.853. The van der Waals surface area contributed by atoms with E-state index in [9.17, 15) is 4.79 Å². The highest BCUT2D eigenvalue weighted by atomic mass is 16.7. The van der Waals surface area contributed by atoms with Crippen LogP contribution in [0.25, 0.3) is 0 Å². The topological polar surface area (TPSA) is 42.0 Å². The van der Waals surface area contributed by atoms with E-state index in [0.29, 0.717) is 12.8 Å². The van der Waals surface area contributed by atoms with Crippen molar-refractivity contribution in [3.63, 3.8) is 0 Å². The number of carbonyl (C=O) groups excluding carboxylic acids is 1. The Morgan fingerprint density at radius 3 is 2.65 bits per heavy atom. The van der Waals surface area contributed by atoms with E-state index in [0.717, 1.165) is 56.1 Å². The number of ether oxygens (including phenoxy) is 2. The van der Waals surface area contributed by atoms with Crippen LogP contribution in [0, 0.1) is 0 Å². The monoisotopic (exact) mass is 350 g/mol. The highest BCUT2D eigenvalue weighted by molar-refractivity contribution is 5.98. The van der Waals surface area contributed by atoms with Gasteiger partial charge in [0.1, 0.15) is 0 Å². The molecule has 0 bridgehead atoms. The smallest absolute Gasteiger partial charge is 0.254 e. The highest BCUT2D eigenvalue weighted by Crippen LogP contribution is 2.33. The largest absolute Gasteiger partial charge is 0.454 e. The molecule has 2 aromatic rings. The summed E-state index contributed by atoms with van der Waals surface area (Å²) in [5, 5.41) is 0. The number of hydrogen-bond donors (Lipinski definition) is 0. The fourth-order valence-electron chi connectivity index (χ4n) is 4.26. The predicted octanol–water partition coefficient (Wildman–Crippen LogP) is 3.04. The van der Waals surface area contributed by atoms with Crippen molar-refractivity contribution in [3.05, 3.63) is 59.2 Å². The number of amides is 1. The number of nitrogens with zero attached hydrogens (tertiary/aromatic N) is 2. The molecule has 5 heteroatoms. The third-order valence-electron chi connectivity index (χ3n) is 5.69. The Hall–Kier alpha value is -2.53. The maximum absolute atomic E-state index is 12.7. The van der Waals surface area contributed by atoms with Crippen molar-refractivity contribution in [2.75, 3.05) is 19.9 Å². The summed E-state index contributed by atoms with van der Waals surface area (Å²) in [4.78, 5) is 17.2. The molecule has 3 heterocycles. The fraction of sp³-hybridized carbons (Fsp3) is 0.381. The Balaban J connectivity index is 1.20. The minimum atomic E-state index is 0.204. The van der Waals surface area contributed by atoms with E-state index in [2.05, 4.69) is 28.0 Å². The lowest BCUT2D eigenvalue weighted by molar-refractivity contribution is 0.0590. The van der Waals surface area contributed by atoms with Crippen LogP contribution in [-0.4, -0.2) is 41.6 Å². The second-order valence-electron chi connectivity index (χ2n) is 7.29. The van der Waals surface area contributed by atoms with Crippen LogP contribution in [0.15, 0.2) is 42.5 Å². The van der Waals surface area contributed by atoms with Crippen molar-refractivity contribution in [1.29, 1.82) is 0 Å². The summed E-state index contributed by atoms with van der Waals surface area (Å²) in [5.74, 6) is 1.88. The van der Waals surface area contributed by atoms with E-state index < -0.39 is 0 Å². The standard InChI is InChI=1S/C21H22N2O3/c24-21-18-4-2-1-3-16(18)13-23(21)17-7-9-22(10-8-17)12-15-5-6-19-20(11-15)26-14-25-19/h1-6,11,17H,7-10,12-14H2. The fourth-order valence-corrected chi connectivity index (χ4v) is 4.26. The van der Waals surface area contributed by atoms with Crippen LogP contribution in [0.4, 0.5) is 0 Å². The van der Waals surface area contributed by atoms with Gasteiger partial charge in [-0.25, -0.2) is 0 Å². The zero-order chi connectivity index (χ0) is 17.5. The van der Waals surface area contributed by atoms with Crippen LogP contribution in [0.5, 0.6) is 11.5 Å². The lowest BCUT2D eigenvalue weighted by Gasteiger charge is -2.36. The van der Waals surface area contributed by atoms with Gasteiger partial charge in [0.25, 0.3) is 5.91 Å². The molecular weight excluding hydrogens is 328 g/mol. The molecular formula is C21H22N2O3. The predicted molar refractivity (Wildman–Crippen MR) is 97.2 cm³/mol. The van der Waals surface area contributed by atoms with Crippen molar-refractivity contribution < 1.29 is 14.3 Å². The van der Waals surface area contributed by atoms with Crippen molar-refractivity contribution in [2.45, 2.75) is 32.0 Å². The molecule has 2 aromatic carbocycles. The number of carbonyl (C=O) groups is 1. The van der Waals surface area contributed by atoms with Crippen LogP contribution < -0.4 is 9.47 Å². The molecule has 0 unspecified atom stereocenters. The van der Waals surface area contributed by atoms with E-state index in [-0.39, 0.29) is 5.91 Å². The summed E-state index contributed by atoms with van der Waals surface area (Å²) in [6.07, 6.45) is 2.06. The highest BCUT2D eigenvalue weighted by Gasteiger charge is 2.34. The molecule has 0 N–H and O–H groups in total. The van der Waals surface area contributed by atoms with Crippen LogP contribution in [0.3, 0.4) is 0 Å². The summed E-state index contributed by atoms with van der Waals surface area (Å²) < 4.78 is 10.8. The minimum absolute atomic E-state index is 0.204. The van der Waals surface area contributed by atoms with Gasteiger partial charge in [-0.15, -0.1) is 0 Å². The first-order chi connectivity index (χ1) is 12.8. The molecule has 0 spiro atoms. The molecule has 0 saturated carbocycles. The van der Waals surface area contributed by atoms with Crippen molar-refractivity contribution in [3.8, 4) is 11.5 Å². The Morgan fingerprint density at radius 2 is 1.81 bits per heavy atom. The molecule has 5 rings (SSSR count). The number of fused-ring (bicyclic) bond motifs is 2. The summed E-state index contributed by atoms with van der Waals surface area (Å²) >= 11 is 0. The SMILES string of the molecule is O=C1c2ccccc2CN1C1CCN(Cc2ccc3c(c2)OCO3)CC1. The minimum Gasteiger partial charge on any atom is -0.454 e. The molecule has 3 aliphatic rings. The number of hydrogen-bond acceptors (Lipinski definition) is 4. The normalized spacial score (nSPS) is 19.8. The average molecular weight is 350 g/mol. The Kier molecular flexibility index (Phi) is 3.82. The molecule has 134 valence electrons. The van der Waals surface area contributed by atoms with E-state index in [4.69, 9.17) is 9.47 Å². The van der Waals surface area contributed by atoms with Crippen LogP contribution in [-0.2, 0) is 13.1 Å². The van der Waals surface area contributed by atoms with Gasteiger partial charge in [0.2, 0.25) is 6.79 Å². The molecule has 5 nitrogen and oxygen atoms in total. The maximum atomic E-state index is 12.7. The summed E-state index contributed by atoms with van der Waals surface area (Å²) in [5.41, 5.74) is 3.30. The number of rotatable bonds is 3. The lowest BCUT2D eigenvalue weighted by atomic mass is 10.0. The van der Waals surface area contributed by atoms with E-state index in [1.54, 1.807) is 0 Å². The molecule has 1 amide bonds. The molecule has 1 saturated heterocycles. The first kappa shape index (κ1) is 15.7.